The molecule has 1 rings (SSSR count). The first-order valence-corrected chi connectivity index (χ1v) is 4.03. The van der Waals surface area contributed by atoms with Gasteiger partial charge in [0.15, 0.2) is 10.3 Å². The van der Waals surface area contributed by atoms with Crippen LogP contribution in [-0.2, 0) is 9.63 Å². The number of hydrogen-bond donors (Lipinski definition) is 1. The van der Waals surface area contributed by atoms with Gasteiger partial charge in [0, 0.05) is 0 Å². The van der Waals surface area contributed by atoms with Gasteiger partial charge >= 0.3 is 0 Å². The van der Waals surface area contributed by atoms with E-state index in [0.717, 1.165) is 23.7 Å². The standard InChI is InChI=1S/C6H6FN3O2S/c1-12-9-3-5(11)10-6-8-2-4(7)13-6/h2-3H,1H3,(H,8,10,11)/b9-3+. The Labute approximate surface area is 77.2 Å². The molecular formula is C6H6FN3O2S. The highest BCUT2D eigenvalue weighted by molar-refractivity contribution is 7.14. The second-order valence-corrected chi connectivity index (χ2v) is 2.86. The van der Waals surface area contributed by atoms with Crippen LogP contribution in [0.25, 0.3) is 0 Å². The summed E-state index contributed by atoms with van der Waals surface area (Å²) < 4.78 is 12.4. The largest absolute Gasteiger partial charge is 0.399 e. The zero-order chi connectivity index (χ0) is 9.68. The number of anilines is 1. The van der Waals surface area contributed by atoms with Crippen molar-refractivity contribution in [3.05, 3.63) is 11.3 Å². The third-order valence-electron chi connectivity index (χ3n) is 0.983. The van der Waals surface area contributed by atoms with Gasteiger partial charge in [0.25, 0.3) is 5.91 Å². The van der Waals surface area contributed by atoms with Crippen molar-refractivity contribution in [2.45, 2.75) is 0 Å². The lowest BCUT2D eigenvalue weighted by Crippen LogP contribution is -2.12. The Balaban J connectivity index is 2.50. The van der Waals surface area contributed by atoms with Crippen LogP contribution in [0.4, 0.5) is 9.52 Å². The Morgan fingerprint density at radius 2 is 2.69 bits per heavy atom. The smallest absolute Gasteiger partial charge is 0.271 e. The third kappa shape index (κ3) is 3.16. The van der Waals surface area contributed by atoms with Gasteiger partial charge in [0.2, 0.25) is 0 Å². The summed E-state index contributed by atoms with van der Waals surface area (Å²) >= 11 is 0.737. The van der Waals surface area contributed by atoms with Crippen LogP contribution in [0.1, 0.15) is 0 Å². The maximum atomic E-state index is 12.4. The summed E-state index contributed by atoms with van der Waals surface area (Å²) in [6.07, 6.45) is 1.95. The predicted octanol–water partition coefficient (Wildman–Crippen LogP) is 0.853. The van der Waals surface area contributed by atoms with Gasteiger partial charge in [-0.15, -0.1) is 0 Å². The fourth-order valence-electron chi connectivity index (χ4n) is 0.550. The summed E-state index contributed by atoms with van der Waals surface area (Å²) in [5, 5.41) is 5.24. The van der Waals surface area contributed by atoms with Crippen LogP contribution in [0.3, 0.4) is 0 Å². The molecule has 0 fully saturated rings. The van der Waals surface area contributed by atoms with Gasteiger partial charge in [-0.05, 0) is 0 Å². The Hall–Kier alpha value is -1.50. The van der Waals surface area contributed by atoms with Crippen molar-refractivity contribution in [3.63, 3.8) is 0 Å². The fraction of sp³-hybridized carbons (Fsp3) is 0.167. The molecule has 0 saturated heterocycles. The predicted molar refractivity (Wildman–Crippen MR) is 46.2 cm³/mol. The normalized spacial score (nSPS) is 10.3. The first-order valence-electron chi connectivity index (χ1n) is 3.21. The zero-order valence-corrected chi connectivity index (χ0v) is 7.47. The van der Waals surface area contributed by atoms with Crippen molar-refractivity contribution < 1.29 is 14.0 Å². The Bertz CT molecular complexity index is 325. The van der Waals surface area contributed by atoms with Crippen molar-refractivity contribution in [3.8, 4) is 0 Å². The number of oxime groups is 1. The van der Waals surface area contributed by atoms with E-state index in [4.69, 9.17) is 0 Å². The molecule has 0 radical (unpaired) electrons. The summed E-state index contributed by atoms with van der Waals surface area (Å²) in [6.45, 7) is 0. The minimum atomic E-state index is -0.517. The molecule has 1 amide bonds. The summed E-state index contributed by atoms with van der Waals surface area (Å²) in [7, 11) is 1.31. The van der Waals surface area contributed by atoms with E-state index in [1.165, 1.54) is 7.11 Å². The SMILES string of the molecule is CO/N=C/C(=O)Nc1ncc(F)s1. The number of hydrogen-bond acceptors (Lipinski definition) is 5. The van der Waals surface area contributed by atoms with Crippen molar-refractivity contribution in [1.29, 1.82) is 0 Å². The molecule has 1 aromatic rings. The summed E-state index contributed by atoms with van der Waals surface area (Å²) in [5.41, 5.74) is 0. The molecule has 70 valence electrons. The Morgan fingerprint density at radius 1 is 1.92 bits per heavy atom. The van der Waals surface area contributed by atoms with Gasteiger partial charge in [-0.2, -0.15) is 4.39 Å². The molecule has 0 unspecified atom stereocenters. The molecule has 0 aliphatic carbocycles. The molecule has 0 aliphatic heterocycles. The van der Waals surface area contributed by atoms with E-state index in [0.29, 0.717) is 0 Å². The first kappa shape index (κ1) is 9.59. The Kier molecular flexibility index (Phi) is 3.32. The number of carbonyl (C=O) groups is 1. The molecule has 0 saturated carbocycles. The molecule has 7 heteroatoms. The molecule has 1 aromatic heterocycles. The van der Waals surface area contributed by atoms with Crippen LogP contribution in [0.15, 0.2) is 11.4 Å². The molecule has 5 nitrogen and oxygen atoms in total. The van der Waals surface area contributed by atoms with Crippen LogP contribution in [-0.4, -0.2) is 24.2 Å². The highest BCUT2D eigenvalue weighted by Crippen LogP contribution is 2.14. The molecule has 0 bridgehead atoms. The van der Waals surface area contributed by atoms with Crippen molar-refractivity contribution >= 4 is 28.6 Å². The molecule has 13 heavy (non-hydrogen) atoms. The van der Waals surface area contributed by atoms with E-state index in [2.05, 4.69) is 20.3 Å². The average molecular weight is 203 g/mol. The first-order chi connectivity index (χ1) is 6.22. The lowest BCUT2D eigenvalue weighted by Gasteiger charge is -1.92. The van der Waals surface area contributed by atoms with Gasteiger partial charge < -0.3 is 4.84 Å². The van der Waals surface area contributed by atoms with E-state index in [-0.39, 0.29) is 5.13 Å². The number of aromatic nitrogens is 1. The lowest BCUT2D eigenvalue weighted by atomic mass is 10.7. The topological polar surface area (TPSA) is 63.6 Å². The quantitative estimate of drug-likeness (QED) is 0.585. The molecule has 0 spiro atoms. The third-order valence-corrected chi connectivity index (χ3v) is 1.68. The fourth-order valence-corrected chi connectivity index (χ4v) is 1.10. The highest BCUT2D eigenvalue weighted by atomic mass is 32.1. The van der Waals surface area contributed by atoms with Crippen LogP contribution in [0, 0.1) is 5.13 Å². The Morgan fingerprint density at radius 3 is 3.23 bits per heavy atom. The van der Waals surface area contributed by atoms with E-state index >= 15 is 0 Å². The van der Waals surface area contributed by atoms with Crippen LogP contribution in [0.5, 0.6) is 0 Å². The number of nitrogens with zero attached hydrogens (tertiary/aromatic N) is 2. The lowest BCUT2D eigenvalue weighted by molar-refractivity contribution is -0.110. The number of carbonyl (C=O) groups excluding carboxylic acids is 1. The minimum absolute atomic E-state index is 0.185. The second-order valence-electron chi connectivity index (χ2n) is 1.88. The maximum Gasteiger partial charge on any atom is 0.271 e. The molecular weight excluding hydrogens is 197 g/mol. The summed E-state index contributed by atoms with van der Waals surface area (Å²) in [4.78, 5) is 18.7. The van der Waals surface area contributed by atoms with Crippen LogP contribution in [0.2, 0.25) is 0 Å². The van der Waals surface area contributed by atoms with E-state index in [1.807, 2.05) is 0 Å². The van der Waals surface area contributed by atoms with Crippen LogP contribution < -0.4 is 5.32 Å². The molecule has 0 atom stereocenters. The van der Waals surface area contributed by atoms with Gasteiger partial charge in [-0.25, -0.2) is 4.98 Å². The highest BCUT2D eigenvalue weighted by Gasteiger charge is 2.03. The van der Waals surface area contributed by atoms with E-state index in [1.54, 1.807) is 0 Å². The average Bonchev–Trinajstić information content (AvgIpc) is 2.48. The number of halogens is 1. The molecule has 0 aromatic carbocycles. The van der Waals surface area contributed by atoms with E-state index < -0.39 is 11.0 Å². The van der Waals surface area contributed by atoms with Crippen LogP contribution >= 0.6 is 11.3 Å². The minimum Gasteiger partial charge on any atom is -0.399 e. The number of amides is 1. The molecule has 1 N–H and O–H groups in total. The van der Waals surface area contributed by atoms with Gasteiger partial charge in [-0.1, -0.05) is 16.5 Å². The summed E-state index contributed by atoms with van der Waals surface area (Å²) in [5.74, 6) is -0.517. The van der Waals surface area contributed by atoms with Crippen molar-refractivity contribution in [2.24, 2.45) is 5.16 Å². The van der Waals surface area contributed by atoms with Crippen molar-refractivity contribution in [1.82, 2.24) is 4.98 Å². The van der Waals surface area contributed by atoms with Gasteiger partial charge in [-0.3, -0.25) is 10.1 Å². The van der Waals surface area contributed by atoms with Crippen molar-refractivity contribution in [2.75, 3.05) is 12.4 Å². The van der Waals surface area contributed by atoms with Gasteiger partial charge in [0.1, 0.15) is 13.3 Å². The monoisotopic (exact) mass is 203 g/mol. The zero-order valence-electron chi connectivity index (χ0n) is 6.65. The summed E-state index contributed by atoms with van der Waals surface area (Å²) in [6, 6.07) is 0. The maximum absolute atomic E-state index is 12.4. The second kappa shape index (κ2) is 4.51. The molecule has 1 heterocycles. The molecule has 0 aliphatic rings. The number of rotatable bonds is 3. The number of nitrogens with one attached hydrogen (secondary N) is 1. The number of thiazole rings is 1. The van der Waals surface area contributed by atoms with E-state index in [9.17, 15) is 9.18 Å². The van der Waals surface area contributed by atoms with Gasteiger partial charge in [0.05, 0.1) is 6.20 Å².